The minimum atomic E-state index is -2.88. The van der Waals surface area contributed by atoms with Gasteiger partial charge in [-0.2, -0.15) is 8.78 Å². The van der Waals surface area contributed by atoms with Gasteiger partial charge in [0.2, 0.25) is 0 Å². The Balaban J connectivity index is 2.07. The van der Waals surface area contributed by atoms with E-state index in [4.69, 9.17) is 11.6 Å². The lowest BCUT2D eigenvalue weighted by molar-refractivity contribution is -0.0498. The number of pyridine rings is 1. The average molecular weight is 299 g/mol. The Hall–Kier alpha value is -2.21. The Bertz CT molecular complexity index is 606. The number of hydrogen-bond donors (Lipinski definition) is 1. The van der Waals surface area contributed by atoms with E-state index in [-0.39, 0.29) is 16.3 Å². The molecule has 4 nitrogen and oxygen atoms in total. The molecular formula is C13H9ClF2N2O2. The smallest absolute Gasteiger partial charge is 0.387 e. The van der Waals surface area contributed by atoms with Crippen LogP contribution in [0.3, 0.4) is 0 Å². The van der Waals surface area contributed by atoms with Crippen LogP contribution in [0.2, 0.25) is 5.02 Å². The molecule has 1 N–H and O–H groups in total. The number of carbonyl (C=O) groups excluding carboxylic acids is 1. The van der Waals surface area contributed by atoms with Gasteiger partial charge >= 0.3 is 6.61 Å². The molecule has 2 rings (SSSR count). The van der Waals surface area contributed by atoms with Crippen molar-refractivity contribution in [1.82, 2.24) is 4.98 Å². The van der Waals surface area contributed by atoms with Crippen molar-refractivity contribution in [3.63, 3.8) is 0 Å². The Kier molecular flexibility index (Phi) is 4.47. The SMILES string of the molecule is O=C(Nc1ccc(OC(F)F)cc1)c1ccncc1Cl. The number of nitrogens with zero attached hydrogens (tertiary/aromatic N) is 1. The molecule has 0 bridgehead atoms. The molecule has 0 saturated carbocycles. The molecule has 7 heteroatoms. The molecule has 0 aliphatic carbocycles. The standard InChI is InChI=1S/C13H9ClF2N2O2/c14-11-7-17-6-5-10(11)12(19)18-8-1-3-9(4-2-8)20-13(15)16/h1-7,13H,(H,18,19). The fourth-order valence-corrected chi connectivity index (χ4v) is 1.68. The second kappa shape index (κ2) is 6.29. The number of ether oxygens (including phenoxy) is 1. The maximum Gasteiger partial charge on any atom is 0.387 e. The summed E-state index contributed by atoms with van der Waals surface area (Å²) < 4.78 is 28.2. The zero-order chi connectivity index (χ0) is 14.5. The molecule has 0 radical (unpaired) electrons. The summed E-state index contributed by atoms with van der Waals surface area (Å²) in [7, 11) is 0. The van der Waals surface area contributed by atoms with Gasteiger partial charge in [0, 0.05) is 18.1 Å². The monoisotopic (exact) mass is 298 g/mol. The van der Waals surface area contributed by atoms with Gasteiger partial charge in [0.15, 0.2) is 0 Å². The normalized spacial score (nSPS) is 10.4. The molecule has 1 aromatic carbocycles. The first-order valence-corrected chi connectivity index (χ1v) is 5.90. The van der Waals surface area contributed by atoms with Crippen LogP contribution in [-0.2, 0) is 0 Å². The van der Waals surface area contributed by atoms with E-state index >= 15 is 0 Å². The van der Waals surface area contributed by atoms with Gasteiger partial charge in [0.05, 0.1) is 10.6 Å². The van der Waals surface area contributed by atoms with Crippen LogP contribution in [0.15, 0.2) is 42.7 Å². The maximum atomic E-state index is 12.0. The fourth-order valence-electron chi connectivity index (χ4n) is 1.48. The average Bonchev–Trinajstić information content (AvgIpc) is 2.41. The lowest BCUT2D eigenvalue weighted by Crippen LogP contribution is -2.12. The number of amides is 1. The van der Waals surface area contributed by atoms with Gasteiger partial charge in [-0.25, -0.2) is 0 Å². The molecular weight excluding hydrogens is 290 g/mol. The molecule has 0 unspecified atom stereocenters. The summed E-state index contributed by atoms with van der Waals surface area (Å²) in [5.74, 6) is -0.403. The molecule has 2 aromatic rings. The van der Waals surface area contributed by atoms with E-state index in [1.807, 2.05) is 0 Å². The largest absolute Gasteiger partial charge is 0.435 e. The van der Waals surface area contributed by atoms with E-state index in [0.29, 0.717) is 5.69 Å². The number of nitrogens with one attached hydrogen (secondary N) is 1. The van der Waals surface area contributed by atoms with E-state index in [0.717, 1.165) is 0 Å². The molecule has 0 aliphatic rings. The Morgan fingerprint density at radius 2 is 1.95 bits per heavy atom. The van der Waals surface area contributed by atoms with Crippen LogP contribution in [0.4, 0.5) is 14.5 Å². The third-order valence-corrected chi connectivity index (χ3v) is 2.66. The van der Waals surface area contributed by atoms with Gasteiger partial charge in [-0.1, -0.05) is 11.6 Å². The Morgan fingerprint density at radius 1 is 1.25 bits per heavy atom. The summed E-state index contributed by atoms with van der Waals surface area (Å²) >= 11 is 5.84. The molecule has 0 saturated heterocycles. The van der Waals surface area contributed by atoms with Gasteiger partial charge in [-0.05, 0) is 30.3 Å². The summed E-state index contributed by atoms with van der Waals surface area (Å²) in [6, 6.07) is 7.03. The van der Waals surface area contributed by atoms with E-state index in [9.17, 15) is 13.6 Å². The van der Waals surface area contributed by atoms with Crippen LogP contribution in [0.5, 0.6) is 5.75 Å². The van der Waals surface area contributed by atoms with Crippen molar-refractivity contribution in [2.75, 3.05) is 5.32 Å². The summed E-state index contributed by atoms with van der Waals surface area (Å²) in [6.07, 6.45) is 2.80. The van der Waals surface area contributed by atoms with Crippen LogP contribution in [-0.4, -0.2) is 17.5 Å². The first kappa shape index (κ1) is 14.2. The van der Waals surface area contributed by atoms with Crippen LogP contribution in [0, 0.1) is 0 Å². The quantitative estimate of drug-likeness (QED) is 0.938. The molecule has 0 atom stereocenters. The van der Waals surface area contributed by atoms with Crippen molar-refractivity contribution in [1.29, 1.82) is 0 Å². The number of benzene rings is 1. The van der Waals surface area contributed by atoms with Crippen molar-refractivity contribution in [2.45, 2.75) is 6.61 Å². The number of aromatic nitrogens is 1. The minimum absolute atomic E-state index is 0.0138. The first-order chi connectivity index (χ1) is 9.56. The molecule has 0 spiro atoms. The van der Waals surface area contributed by atoms with Crippen molar-refractivity contribution in [3.8, 4) is 5.75 Å². The van der Waals surface area contributed by atoms with Gasteiger partial charge in [0.1, 0.15) is 5.75 Å². The topological polar surface area (TPSA) is 51.2 Å². The van der Waals surface area contributed by atoms with Crippen molar-refractivity contribution in [2.24, 2.45) is 0 Å². The molecule has 20 heavy (non-hydrogen) atoms. The molecule has 1 aromatic heterocycles. The van der Waals surface area contributed by atoms with Gasteiger partial charge in [0.25, 0.3) is 5.91 Å². The predicted molar refractivity (Wildman–Crippen MR) is 70.3 cm³/mol. The van der Waals surface area contributed by atoms with Crippen molar-refractivity contribution in [3.05, 3.63) is 53.3 Å². The van der Waals surface area contributed by atoms with E-state index in [1.54, 1.807) is 0 Å². The highest BCUT2D eigenvalue weighted by molar-refractivity contribution is 6.34. The van der Waals surface area contributed by atoms with Crippen LogP contribution in [0.1, 0.15) is 10.4 Å². The number of alkyl halides is 2. The second-order valence-electron chi connectivity index (χ2n) is 3.71. The fraction of sp³-hybridized carbons (Fsp3) is 0.0769. The van der Waals surface area contributed by atoms with Gasteiger partial charge < -0.3 is 10.1 Å². The second-order valence-corrected chi connectivity index (χ2v) is 4.12. The van der Waals surface area contributed by atoms with Gasteiger partial charge in [-0.15, -0.1) is 0 Å². The van der Waals surface area contributed by atoms with E-state index in [2.05, 4.69) is 15.0 Å². The molecule has 1 amide bonds. The highest BCUT2D eigenvalue weighted by Crippen LogP contribution is 2.19. The summed E-state index contributed by atoms with van der Waals surface area (Å²) in [4.78, 5) is 15.7. The third-order valence-electron chi connectivity index (χ3n) is 2.35. The van der Waals surface area contributed by atoms with Crippen molar-refractivity contribution >= 4 is 23.2 Å². The zero-order valence-corrected chi connectivity index (χ0v) is 10.8. The summed E-state index contributed by atoms with van der Waals surface area (Å²) in [5.41, 5.74) is 0.707. The zero-order valence-electron chi connectivity index (χ0n) is 10.0. The lowest BCUT2D eigenvalue weighted by atomic mass is 10.2. The minimum Gasteiger partial charge on any atom is -0.435 e. The number of halogens is 3. The van der Waals surface area contributed by atoms with E-state index < -0.39 is 12.5 Å². The number of hydrogen-bond acceptors (Lipinski definition) is 3. The third kappa shape index (κ3) is 3.64. The van der Waals surface area contributed by atoms with Crippen molar-refractivity contribution < 1.29 is 18.3 Å². The van der Waals surface area contributed by atoms with Gasteiger partial charge in [-0.3, -0.25) is 9.78 Å². The summed E-state index contributed by atoms with van der Waals surface area (Å²) in [5, 5.41) is 2.81. The predicted octanol–water partition coefficient (Wildman–Crippen LogP) is 3.59. The maximum absolute atomic E-state index is 12.0. The number of anilines is 1. The molecule has 0 fully saturated rings. The van der Waals surface area contributed by atoms with Crippen LogP contribution >= 0.6 is 11.6 Å². The Labute approximate surface area is 118 Å². The molecule has 1 heterocycles. The lowest BCUT2D eigenvalue weighted by Gasteiger charge is -2.08. The first-order valence-electron chi connectivity index (χ1n) is 5.52. The summed E-state index contributed by atoms with van der Waals surface area (Å²) in [6.45, 7) is -2.88. The highest BCUT2D eigenvalue weighted by atomic mass is 35.5. The molecule has 104 valence electrons. The molecule has 0 aliphatic heterocycles. The Morgan fingerprint density at radius 3 is 2.55 bits per heavy atom. The number of rotatable bonds is 4. The van der Waals surface area contributed by atoms with E-state index in [1.165, 1.54) is 42.7 Å². The van der Waals surface area contributed by atoms with Crippen LogP contribution in [0.25, 0.3) is 0 Å². The van der Waals surface area contributed by atoms with Crippen LogP contribution < -0.4 is 10.1 Å². The highest BCUT2D eigenvalue weighted by Gasteiger charge is 2.10. The number of carbonyl (C=O) groups is 1.